The van der Waals surface area contributed by atoms with Crippen LogP contribution >= 0.6 is 0 Å². The predicted octanol–water partition coefficient (Wildman–Crippen LogP) is 2.14. The van der Waals surface area contributed by atoms with Crippen molar-refractivity contribution in [1.82, 2.24) is 9.62 Å². The summed E-state index contributed by atoms with van der Waals surface area (Å²) < 4.78 is 33.3. The van der Waals surface area contributed by atoms with Crippen molar-refractivity contribution >= 4 is 26.7 Å². The summed E-state index contributed by atoms with van der Waals surface area (Å²) in [4.78, 5) is 13.6. The molecule has 2 aromatic carbocycles. The SMILES string of the molecule is COc1ccc(S(=O)(=O)NCCCN2CCCC2=O)c2ccccc12. The number of hydrogen-bond donors (Lipinski definition) is 1. The fourth-order valence-electron chi connectivity index (χ4n) is 3.15. The molecule has 0 aliphatic carbocycles. The van der Waals surface area contributed by atoms with Gasteiger partial charge in [-0.05, 0) is 25.0 Å². The van der Waals surface area contributed by atoms with E-state index in [2.05, 4.69) is 4.72 Å². The fourth-order valence-corrected chi connectivity index (χ4v) is 4.43. The first-order chi connectivity index (χ1) is 12.0. The molecule has 0 bridgehead atoms. The van der Waals surface area contributed by atoms with E-state index >= 15 is 0 Å². The zero-order chi connectivity index (χ0) is 17.9. The molecule has 0 radical (unpaired) electrons. The van der Waals surface area contributed by atoms with Crippen molar-refractivity contribution in [3.05, 3.63) is 36.4 Å². The summed E-state index contributed by atoms with van der Waals surface area (Å²) in [5.41, 5.74) is 0. The molecule has 0 aromatic heterocycles. The third kappa shape index (κ3) is 3.77. The highest BCUT2D eigenvalue weighted by Gasteiger charge is 2.21. The van der Waals surface area contributed by atoms with E-state index in [4.69, 9.17) is 4.74 Å². The normalized spacial score (nSPS) is 15.1. The molecule has 7 heteroatoms. The summed E-state index contributed by atoms with van der Waals surface area (Å²) >= 11 is 0. The van der Waals surface area contributed by atoms with Crippen LogP contribution in [0.15, 0.2) is 41.3 Å². The van der Waals surface area contributed by atoms with Crippen LogP contribution in [0.2, 0.25) is 0 Å². The van der Waals surface area contributed by atoms with E-state index in [9.17, 15) is 13.2 Å². The number of nitrogens with zero attached hydrogens (tertiary/aromatic N) is 1. The largest absolute Gasteiger partial charge is 0.496 e. The van der Waals surface area contributed by atoms with Gasteiger partial charge in [-0.25, -0.2) is 13.1 Å². The van der Waals surface area contributed by atoms with Crippen molar-refractivity contribution in [1.29, 1.82) is 0 Å². The number of amides is 1. The minimum atomic E-state index is -3.63. The van der Waals surface area contributed by atoms with E-state index in [-0.39, 0.29) is 10.8 Å². The number of rotatable bonds is 7. The molecule has 1 aliphatic rings. The van der Waals surface area contributed by atoms with Gasteiger partial charge in [0.2, 0.25) is 15.9 Å². The molecule has 3 rings (SSSR count). The number of hydrogen-bond acceptors (Lipinski definition) is 4. The Balaban J connectivity index is 1.72. The van der Waals surface area contributed by atoms with Gasteiger partial charge in [0.05, 0.1) is 12.0 Å². The molecule has 1 saturated heterocycles. The molecule has 1 amide bonds. The minimum Gasteiger partial charge on any atom is -0.496 e. The van der Waals surface area contributed by atoms with Crippen LogP contribution in [0.1, 0.15) is 19.3 Å². The summed E-state index contributed by atoms with van der Waals surface area (Å²) in [5.74, 6) is 0.797. The second-order valence-corrected chi connectivity index (χ2v) is 7.78. The van der Waals surface area contributed by atoms with Crippen LogP contribution in [0.25, 0.3) is 10.8 Å². The average Bonchev–Trinajstić information content (AvgIpc) is 3.02. The van der Waals surface area contributed by atoms with Gasteiger partial charge in [-0.1, -0.05) is 24.3 Å². The maximum Gasteiger partial charge on any atom is 0.241 e. The van der Waals surface area contributed by atoms with Crippen LogP contribution in [0, 0.1) is 0 Å². The lowest BCUT2D eigenvalue weighted by atomic mass is 10.1. The number of carbonyl (C=O) groups is 1. The average molecular weight is 362 g/mol. The molecule has 1 fully saturated rings. The standard InChI is InChI=1S/C18H22N2O4S/c1-24-16-9-10-17(15-7-3-2-6-14(15)16)25(22,23)19-11-5-13-20-12-4-8-18(20)21/h2-3,6-7,9-10,19H,4-5,8,11-13H2,1H3. The topological polar surface area (TPSA) is 75.7 Å². The first kappa shape index (κ1) is 17.7. The Morgan fingerprint density at radius 3 is 2.60 bits per heavy atom. The Labute approximate surface area is 147 Å². The van der Waals surface area contributed by atoms with Crippen LogP contribution in [0.5, 0.6) is 5.75 Å². The number of fused-ring (bicyclic) bond motifs is 1. The first-order valence-electron chi connectivity index (χ1n) is 8.36. The Morgan fingerprint density at radius 2 is 1.92 bits per heavy atom. The molecular weight excluding hydrogens is 340 g/mol. The summed E-state index contributed by atoms with van der Waals surface area (Å²) in [6.45, 7) is 1.66. The van der Waals surface area contributed by atoms with Gasteiger partial charge in [-0.3, -0.25) is 4.79 Å². The van der Waals surface area contributed by atoms with Gasteiger partial charge in [0, 0.05) is 36.8 Å². The van der Waals surface area contributed by atoms with Crippen LogP contribution in [-0.2, 0) is 14.8 Å². The molecule has 2 aromatic rings. The van der Waals surface area contributed by atoms with Crippen LogP contribution in [0.3, 0.4) is 0 Å². The number of sulfonamides is 1. The van der Waals surface area contributed by atoms with Crippen molar-refractivity contribution in [2.45, 2.75) is 24.2 Å². The van der Waals surface area contributed by atoms with Gasteiger partial charge >= 0.3 is 0 Å². The van der Waals surface area contributed by atoms with Gasteiger partial charge in [-0.15, -0.1) is 0 Å². The van der Waals surface area contributed by atoms with E-state index < -0.39 is 10.0 Å². The fraction of sp³-hybridized carbons (Fsp3) is 0.389. The lowest BCUT2D eigenvalue weighted by Crippen LogP contribution is -2.30. The molecule has 1 aliphatic heterocycles. The third-order valence-corrected chi connectivity index (χ3v) is 5.94. The Morgan fingerprint density at radius 1 is 1.16 bits per heavy atom. The lowest BCUT2D eigenvalue weighted by molar-refractivity contribution is -0.127. The van der Waals surface area contributed by atoms with Crippen LogP contribution < -0.4 is 9.46 Å². The molecular formula is C18H22N2O4S. The molecule has 0 saturated carbocycles. The third-order valence-electron chi connectivity index (χ3n) is 4.42. The molecule has 0 unspecified atom stereocenters. The smallest absolute Gasteiger partial charge is 0.241 e. The van der Waals surface area contributed by atoms with E-state index in [1.54, 1.807) is 36.3 Å². The van der Waals surface area contributed by atoms with Gasteiger partial charge in [-0.2, -0.15) is 0 Å². The van der Waals surface area contributed by atoms with Crippen molar-refractivity contribution in [2.24, 2.45) is 0 Å². The summed E-state index contributed by atoms with van der Waals surface area (Å²) in [5, 5.41) is 1.39. The lowest BCUT2D eigenvalue weighted by Gasteiger charge is -2.16. The second kappa shape index (κ2) is 7.41. The molecule has 134 valence electrons. The first-order valence-corrected chi connectivity index (χ1v) is 9.84. The molecule has 6 nitrogen and oxygen atoms in total. The minimum absolute atomic E-state index is 0.156. The monoisotopic (exact) mass is 362 g/mol. The predicted molar refractivity (Wildman–Crippen MR) is 96.1 cm³/mol. The van der Waals surface area contributed by atoms with Gasteiger partial charge in [0.1, 0.15) is 5.75 Å². The van der Waals surface area contributed by atoms with Gasteiger partial charge in [0.15, 0.2) is 0 Å². The summed E-state index contributed by atoms with van der Waals surface area (Å²) in [6.07, 6.45) is 2.09. The van der Waals surface area contributed by atoms with Crippen LogP contribution in [0.4, 0.5) is 0 Å². The van der Waals surface area contributed by atoms with Crippen LogP contribution in [-0.4, -0.2) is 46.0 Å². The van der Waals surface area contributed by atoms with Gasteiger partial charge < -0.3 is 9.64 Å². The maximum absolute atomic E-state index is 12.7. The van der Waals surface area contributed by atoms with Gasteiger partial charge in [0.25, 0.3) is 0 Å². The van der Waals surface area contributed by atoms with E-state index in [0.717, 1.165) is 18.4 Å². The quantitative estimate of drug-likeness (QED) is 0.766. The highest BCUT2D eigenvalue weighted by atomic mass is 32.2. The molecule has 25 heavy (non-hydrogen) atoms. The molecule has 0 spiro atoms. The van der Waals surface area contributed by atoms with Crippen molar-refractivity contribution < 1.29 is 17.9 Å². The number of ether oxygens (including phenoxy) is 1. The van der Waals surface area contributed by atoms with E-state index in [1.165, 1.54) is 0 Å². The number of benzene rings is 2. The number of likely N-dealkylation sites (tertiary alicyclic amines) is 1. The molecule has 1 N–H and O–H groups in total. The molecule has 0 atom stereocenters. The highest BCUT2D eigenvalue weighted by Crippen LogP contribution is 2.30. The van der Waals surface area contributed by atoms with E-state index in [0.29, 0.717) is 37.1 Å². The maximum atomic E-state index is 12.7. The Kier molecular flexibility index (Phi) is 5.24. The van der Waals surface area contributed by atoms with Crippen molar-refractivity contribution in [3.63, 3.8) is 0 Å². The van der Waals surface area contributed by atoms with E-state index in [1.807, 2.05) is 12.1 Å². The summed E-state index contributed by atoms with van der Waals surface area (Å²) in [6, 6.07) is 10.5. The van der Waals surface area contributed by atoms with Crippen molar-refractivity contribution in [3.8, 4) is 5.75 Å². The molecule has 1 heterocycles. The zero-order valence-electron chi connectivity index (χ0n) is 14.2. The highest BCUT2D eigenvalue weighted by molar-refractivity contribution is 7.89. The summed E-state index contributed by atoms with van der Waals surface area (Å²) in [7, 11) is -2.07. The Hall–Kier alpha value is -2.12. The number of methoxy groups -OCH3 is 1. The van der Waals surface area contributed by atoms with Crippen molar-refractivity contribution in [2.75, 3.05) is 26.7 Å². The number of carbonyl (C=O) groups excluding carboxylic acids is 1. The zero-order valence-corrected chi connectivity index (χ0v) is 15.0. The number of nitrogens with one attached hydrogen (secondary N) is 1. The Bertz CT molecular complexity index is 880. The second-order valence-electron chi connectivity index (χ2n) is 6.05.